The molecular formula is C46H26O15. The summed E-state index contributed by atoms with van der Waals surface area (Å²) < 4.78 is 58.6. The Morgan fingerprint density at radius 1 is 0.311 bits per heavy atom. The number of methoxy groups -OCH3 is 5. The van der Waals surface area contributed by atoms with Gasteiger partial charge in [0.25, 0.3) is 0 Å². The molecule has 11 rings (SSSR count). The lowest BCUT2D eigenvalue weighted by Crippen LogP contribution is -2.08. The molecule has 0 spiro atoms. The maximum Gasteiger partial charge on any atom is 0.344 e. The third kappa shape index (κ3) is 4.59. The van der Waals surface area contributed by atoms with Crippen LogP contribution in [0.5, 0.6) is 28.7 Å². The zero-order valence-corrected chi connectivity index (χ0v) is 32.5. The summed E-state index contributed by atoms with van der Waals surface area (Å²) >= 11 is 0. The molecule has 0 bridgehead atoms. The Labute approximate surface area is 336 Å². The molecule has 0 fully saturated rings. The van der Waals surface area contributed by atoms with E-state index in [1.165, 1.54) is 59.8 Å². The van der Waals surface area contributed by atoms with Gasteiger partial charge in [0.1, 0.15) is 0 Å². The molecule has 0 unspecified atom stereocenters. The molecule has 0 saturated heterocycles. The highest BCUT2D eigenvalue weighted by molar-refractivity contribution is 6.27. The number of hydrogen-bond acceptors (Lipinski definition) is 15. The maximum absolute atomic E-state index is 14.2. The second kappa shape index (κ2) is 12.6. The second-order valence-corrected chi connectivity index (χ2v) is 14.2. The van der Waals surface area contributed by atoms with Crippen LogP contribution in [0.2, 0.25) is 0 Å². The van der Waals surface area contributed by atoms with Crippen molar-refractivity contribution in [2.75, 3.05) is 35.5 Å². The van der Waals surface area contributed by atoms with E-state index in [0.717, 1.165) is 0 Å². The first-order valence-corrected chi connectivity index (χ1v) is 18.5. The fourth-order valence-electron chi connectivity index (χ4n) is 8.80. The van der Waals surface area contributed by atoms with Crippen molar-refractivity contribution in [3.8, 4) is 28.7 Å². The monoisotopic (exact) mass is 818 g/mol. The topological polar surface area (TPSA) is 197 Å². The van der Waals surface area contributed by atoms with Gasteiger partial charge in [-0.25, -0.2) is 24.0 Å². The molecule has 0 N–H and O–H groups in total. The number of benzene rings is 6. The average molecular weight is 819 g/mol. The first-order valence-electron chi connectivity index (χ1n) is 18.5. The van der Waals surface area contributed by atoms with Crippen LogP contribution in [0.3, 0.4) is 0 Å². The Morgan fingerprint density at radius 2 is 0.639 bits per heavy atom. The van der Waals surface area contributed by atoms with Crippen molar-refractivity contribution >= 4 is 109 Å². The summed E-state index contributed by atoms with van der Waals surface area (Å²) in [6, 6.07) is 17.7. The van der Waals surface area contributed by atoms with Crippen molar-refractivity contribution in [2.24, 2.45) is 0 Å². The second-order valence-electron chi connectivity index (χ2n) is 14.2. The van der Waals surface area contributed by atoms with Crippen LogP contribution in [0, 0.1) is 0 Å². The summed E-state index contributed by atoms with van der Waals surface area (Å²) in [5.41, 5.74) is -3.79. The van der Waals surface area contributed by atoms with E-state index >= 15 is 0 Å². The normalized spacial score (nSPS) is 12.0. The van der Waals surface area contributed by atoms with Gasteiger partial charge >= 0.3 is 28.1 Å². The molecule has 0 amide bonds. The molecular weight excluding hydrogens is 792 g/mol. The quantitative estimate of drug-likeness (QED) is 0.0918. The van der Waals surface area contributed by atoms with Crippen molar-refractivity contribution in [3.05, 3.63) is 119 Å². The fourth-order valence-corrected chi connectivity index (χ4v) is 8.80. The summed E-state index contributed by atoms with van der Waals surface area (Å²) in [5, 5.41) is 3.14. The molecule has 0 radical (unpaired) electrons. The molecule has 300 valence electrons. The van der Waals surface area contributed by atoms with Crippen LogP contribution in [-0.4, -0.2) is 35.5 Å². The van der Waals surface area contributed by atoms with Gasteiger partial charge in [0, 0.05) is 32.3 Å². The zero-order valence-electron chi connectivity index (χ0n) is 32.5. The highest BCUT2D eigenvalue weighted by Crippen LogP contribution is 2.50. The maximum atomic E-state index is 14.2. The Balaban J connectivity index is 1.30. The summed E-state index contributed by atoms with van der Waals surface area (Å²) in [6.45, 7) is 0. The number of fused-ring (bicyclic) bond motifs is 15. The van der Waals surface area contributed by atoms with E-state index < -0.39 is 28.1 Å². The van der Waals surface area contributed by atoms with Gasteiger partial charge in [-0.2, -0.15) is 0 Å². The van der Waals surface area contributed by atoms with E-state index in [9.17, 15) is 24.0 Å². The number of hydrogen-bond donors (Lipinski definition) is 0. The molecule has 15 nitrogen and oxygen atoms in total. The third-order valence-corrected chi connectivity index (χ3v) is 11.3. The van der Waals surface area contributed by atoms with Crippen LogP contribution in [0.15, 0.2) is 113 Å². The highest BCUT2D eigenvalue weighted by atomic mass is 16.5. The van der Waals surface area contributed by atoms with Crippen molar-refractivity contribution in [1.82, 2.24) is 0 Å². The van der Waals surface area contributed by atoms with Crippen molar-refractivity contribution < 1.29 is 45.8 Å². The minimum Gasteiger partial charge on any atom is -0.493 e. The van der Waals surface area contributed by atoms with E-state index in [-0.39, 0.29) is 110 Å². The summed E-state index contributed by atoms with van der Waals surface area (Å²) in [5.74, 6) is 0.386. The zero-order chi connectivity index (χ0) is 42.2. The Hall–Kier alpha value is -8.33. The third-order valence-electron chi connectivity index (χ3n) is 11.3. The first-order chi connectivity index (χ1) is 29.6. The van der Waals surface area contributed by atoms with Crippen LogP contribution < -0.4 is 51.8 Å². The molecule has 6 aromatic carbocycles. The lowest BCUT2D eigenvalue weighted by Gasteiger charge is -2.17. The number of para-hydroxylation sites is 1. The Morgan fingerprint density at radius 3 is 1.05 bits per heavy atom. The van der Waals surface area contributed by atoms with Gasteiger partial charge in [0.15, 0.2) is 56.7 Å². The van der Waals surface area contributed by atoms with Crippen LogP contribution in [0.4, 0.5) is 0 Å². The van der Waals surface area contributed by atoms with Gasteiger partial charge in [-0.05, 0) is 36.4 Å². The molecule has 0 atom stereocenters. The lowest BCUT2D eigenvalue weighted by atomic mass is 9.96. The first kappa shape index (κ1) is 35.8. The van der Waals surface area contributed by atoms with E-state index in [4.69, 9.17) is 45.8 Å². The molecule has 11 aromatic rings. The molecule has 15 heteroatoms. The standard InChI is InChI=1S/C46H26O15/c1-52-28-12-8-11-18-20-13-25-21(14-24(20)43(48)57-33(18)28)30-36(55-4)41-32(37(56-5)40(30)60-44(25)49)23-16-26-22(15-27(23)46(51)61-41)31-35(54-3)38-29(34(53-2)39(31)59-45(26)50)17-9-6-7-10-19(17)42(47)58-38/h6-16H,1-5H3. The molecule has 0 aliphatic rings. The Kier molecular flexibility index (Phi) is 7.39. The van der Waals surface area contributed by atoms with E-state index in [1.807, 2.05) is 0 Å². The Bertz CT molecular complexity index is 4150. The number of ether oxygens (including phenoxy) is 5. The lowest BCUT2D eigenvalue weighted by molar-refractivity contribution is 0.400. The van der Waals surface area contributed by atoms with E-state index in [1.54, 1.807) is 42.5 Å². The molecule has 5 heterocycles. The summed E-state index contributed by atoms with van der Waals surface area (Å²) in [7, 11) is 6.87. The van der Waals surface area contributed by atoms with Crippen molar-refractivity contribution in [2.45, 2.75) is 0 Å². The van der Waals surface area contributed by atoms with Gasteiger partial charge in [0.2, 0.25) is 0 Å². The van der Waals surface area contributed by atoms with Crippen LogP contribution in [0.25, 0.3) is 109 Å². The van der Waals surface area contributed by atoms with Gasteiger partial charge < -0.3 is 45.8 Å². The van der Waals surface area contributed by atoms with E-state index in [0.29, 0.717) is 27.3 Å². The van der Waals surface area contributed by atoms with Crippen molar-refractivity contribution in [3.63, 3.8) is 0 Å². The van der Waals surface area contributed by atoms with Gasteiger partial charge in [-0.3, -0.25) is 0 Å². The van der Waals surface area contributed by atoms with Crippen LogP contribution >= 0.6 is 0 Å². The largest absolute Gasteiger partial charge is 0.493 e. The smallest absolute Gasteiger partial charge is 0.344 e. The SMILES string of the molecule is COc1cccc2c1oc(=O)c1cc3c(cc12)c(=O)oc1c(OC)c2c(oc(=O)c4cc5c(cc42)c(=O)oc2c(OC)c4c(oc(=O)c6ccccc64)c(OC)c25)c(OC)c13. The van der Waals surface area contributed by atoms with Crippen LogP contribution in [0.1, 0.15) is 0 Å². The molecule has 0 saturated carbocycles. The van der Waals surface area contributed by atoms with Crippen molar-refractivity contribution in [1.29, 1.82) is 0 Å². The van der Waals surface area contributed by atoms with E-state index in [2.05, 4.69) is 0 Å². The molecule has 5 aromatic heterocycles. The predicted octanol–water partition coefficient (Wildman–Crippen LogP) is 8.03. The minimum atomic E-state index is -0.844. The molecule has 0 aliphatic carbocycles. The predicted molar refractivity (Wildman–Crippen MR) is 227 cm³/mol. The van der Waals surface area contributed by atoms with Gasteiger partial charge in [-0.15, -0.1) is 0 Å². The average Bonchev–Trinajstić information content (AvgIpc) is 3.27. The summed E-state index contributed by atoms with van der Waals surface area (Å²) in [6.07, 6.45) is 0. The minimum absolute atomic E-state index is 0.0159. The highest BCUT2D eigenvalue weighted by Gasteiger charge is 2.30. The summed E-state index contributed by atoms with van der Waals surface area (Å²) in [4.78, 5) is 69.1. The molecule has 0 aliphatic heterocycles. The van der Waals surface area contributed by atoms with Gasteiger partial charge in [0.05, 0.1) is 84.0 Å². The van der Waals surface area contributed by atoms with Crippen LogP contribution in [-0.2, 0) is 0 Å². The molecule has 61 heavy (non-hydrogen) atoms. The van der Waals surface area contributed by atoms with Gasteiger partial charge in [-0.1, -0.05) is 30.3 Å². The number of rotatable bonds is 5. The fraction of sp³-hybridized carbons (Fsp3) is 0.109.